The summed E-state index contributed by atoms with van der Waals surface area (Å²) in [7, 11) is 0. The Bertz CT molecular complexity index is 1020. The van der Waals surface area contributed by atoms with Gasteiger partial charge < -0.3 is 19.5 Å². The van der Waals surface area contributed by atoms with Gasteiger partial charge in [-0.1, -0.05) is 30.3 Å². The first-order chi connectivity index (χ1) is 14.1. The van der Waals surface area contributed by atoms with E-state index in [4.69, 9.17) is 4.74 Å². The van der Waals surface area contributed by atoms with E-state index in [1.807, 2.05) is 30.3 Å². The maximum atomic E-state index is 12.4. The number of hydrogen-bond donors (Lipinski definition) is 1. The highest BCUT2D eigenvalue weighted by atomic mass is 16.6. The van der Waals surface area contributed by atoms with E-state index in [0.717, 1.165) is 18.5 Å². The highest BCUT2D eigenvalue weighted by Gasteiger charge is 2.22. The monoisotopic (exact) mass is 395 g/mol. The standard InChI is InChI=1S/C20H21N5O4/c26-20(29-14-15-5-2-1-3-6-15)24-10-4-9-23(11-12-24)19-21-17-8-7-16(25(27)28)13-18(17)22-19/h1-3,5-8,13H,4,9-12,14H2,(H,21,22). The molecule has 1 aliphatic heterocycles. The largest absolute Gasteiger partial charge is 0.445 e. The van der Waals surface area contributed by atoms with Crippen molar-refractivity contribution in [3.8, 4) is 0 Å². The molecule has 1 aliphatic rings. The minimum absolute atomic E-state index is 0.0240. The average molecular weight is 395 g/mol. The zero-order valence-electron chi connectivity index (χ0n) is 15.8. The van der Waals surface area contributed by atoms with Gasteiger partial charge in [0.2, 0.25) is 5.95 Å². The molecule has 0 radical (unpaired) electrons. The fraction of sp³-hybridized carbons (Fsp3) is 0.300. The molecule has 1 aromatic heterocycles. The summed E-state index contributed by atoms with van der Waals surface area (Å²) >= 11 is 0. The summed E-state index contributed by atoms with van der Waals surface area (Å²) in [6.07, 6.45) is 0.452. The van der Waals surface area contributed by atoms with Crippen LogP contribution in [0.4, 0.5) is 16.4 Å². The molecule has 0 atom stereocenters. The Labute approximate surface area is 167 Å². The SMILES string of the molecule is O=C(OCc1ccccc1)N1CCCN(c2nc3ccc([N+](=O)[O-])cc3[nH]2)CC1. The second-order valence-corrected chi connectivity index (χ2v) is 6.89. The van der Waals surface area contributed by atoms with E-state index in [2.05, 4.69) is 14.9 Å². The second-order valence-electron chi connectivity index (χ2n) is 6.89. The van der Waals surface area contributed by atoms with Gasteiger partial charge in [0.15, 0.2) is 0 Å². The van der Waals surface area contributed by atoms with Crippen molar-refractivity contribution in [2.24, 2.45) is 0 Å². The van der Waals surface area contributed by atoms with Crippen LogP contribution in [0.3, 0.4) is 0 Å². The number of aromatic nitrogens is 2. The lowest BCUT2D eigenvalue weighted by Gasteiger charge is -2.21. The number of fused-ring (bicyclic) bond motifs is 1. The Kier molecular flexibility index (Phi) is 5.28. The van der Waals surface area contributed by atoms with Crippen LogP contribution in [0.5, 0.6) is 0 Å². The normalized spacial score (nSPS) is 14.6. The van der Waals surface area contributed by atoms with Gasteiger partial charge >= 0.3 is 6.09 Å². The molecular formula is C20H21N5O4. The number of nitro benzene ring substituents is 1. The van der Waals surface area contributed by atoms with Crippen LogP contribution in [0.1, 0.15) is 12.0 Å². The fourth-order valence-electron chi connectivity index (χ4n) is 3.37. The quantitative estimate of drug-likeness (QED) is 0.537. The van der Waals surface area contributed by atoms with Crippen LogP contribution < -0.4 is 4.90 Å². The lowest BCUT2D eigenvalue weighted by atomic mass is 10.2. The van der Waals surface area contributed by atoms with E-state index in [9.17, 15) is 14.9 Å². The molecule has 0 saturated carbocycles. The van der Waals surface area contributed by atoms with Crippen LogP contribution in [-0.2, 0) is 11.3 Å². The molecule has 9 nitrogen and oxygen atoms in total. The molecule has 1 amide bonds. The molecule has 2 aromatic carbocycles. The molecule has 4 rings (SSSR count). The number of H-pyrrole nitrogens is 1. The molecule has 3 aromatic rings. The highest BCUT2D eigenvalue weighted by molar-refractivity contribution is 5.80. The van der Waals surface area contributed by atoms with Crippen molar-refractivity contribution in [1.82, 2.24) is 14.9 Å². The summed E-state index contributed by atoms with van der Waals surface area (Å²) in [5.74, 6) is 0.653. The predicted molar refractivity (Wildman–Crippen MR) is 108 cm³/mol. The Hall–Kier alpha value is -3.62. The van der Waals surface area contributed by atoms with E-state index in [1.165, 1.54) is 12.1 Å². The topological polar surface area (TPSA) is 105 Å². The molecule has 0 bridgehead atoms. The van der Waals surface area contributed by atoms with Crippen LogP contribution in [-0.4, -0.2) is 52.1 Å². The van der Waals surface area contributed by atoms with Crippen LogP contribution in [0.15, 0.2) is 48.5 Å². The van der Waals surface area contributed by atoms with E-state index in [1.54, 1.807) is 11.0 Å². The first-order valence-electron chi connectivity index (χ1n) is 9.45. The summed E-state index contributed by atoms with van der Waals surface area (Å²) in [4.78, 5) is 34.4. The molecule has 2 heterocycles. The number of ether oxygens (including phenoxy) is 1. The molecule has 0 spiro atoms. The smallest absolute Gasteiger partial charge is 0.410 e. The highest BCUT2D eigenvalue weighted by Crippen LogP contribution is 2.23. The van der Waals surface area contributed by atoms with Crippen molar-refractivity contribution < 1.29 is 14.5 Å². The van der Waals surface area contributed by atoms with Crippen LogP contribution in [0, 0.1) is 10.1 Å². The number of anilines is 1. The number of benzene rings is 2. The lowest BCUT2D eigenvalue weighted by Crippen LogP contribution is -2.35. The molecule has 1 saturated heterocycles. The summed E-state index contributed by atoms with van der Waals surface area (Å²) in [6, 6.07) is 14.1. The number of nitrogens with zero attached hydrogens (tertiary/aromatic N) is 4. The molecule has 9 heteroatoms. The van der Waals surface area contributed by atoms with Crippen LogP contribution in [0.25, 0.3) is 11.0 Å². The fourth-order valence-corrected chi connectivity index (χ4v) is 3.37. The van der Waals surface area contributed by atoms with Gasteiger partial charge in [0.05, 0.1) is 16.0 Å². The molecule has 1 fully saturated rings. The Morgan fingerprint density at radius 2 is 1.97 bits per heavy atom. The summed E-state index contributed by atoms with van der Waals surface area (Å²) in [5.41, 5.74) is 2.27. The maximum Gasteiger partial charge on any atom is 0.410 e. The van der Waals surface area contributed by atoms with Crippen LogP contribution in [0.2, 0.25) is 0 Å². The third kappa shape index (κ3) is 4.29. The van der Waals surface area contributed by atoms with Crippen molar-refractivity contribution in [2.75, 3.05) is 31.1 Å². The van der Waals surface area contributed by atoms with Gasteiger partial charge in [0.25, 0.3) is 5.69 Å². The Morgan fingerprint density at radius 3 is 2.76 bits per heavy atom. The summed E-state index contributed by atoms with van der Waals surface area (Å²) in [6.45, 7) is 2.70. The van der Waals surface area contributed by atoms with Crippen LogP contribution >= 0.6 is 0 Å². The molecule has 150 valence electrons. The van der Waals surface area contributed by atoms with Gasteiger partial charge in [-0.2, -0.15) is 0 Å². The van der Waals surface area contributed by atoms with Crippen molar-refractivity contribution in [3.05, 3.63) is 64.2 Å². The predicted octanol–water partition coefficient (Wildman–Crippen LogP) is 3.32. The van der Waals surface area contributed by atoms with Gasteiger partial charge in [-0.25, -0.2) is 9.78 Å². The molecule has 0 aliphatic carbocycles. The van der Waals surface area contributed by atoms with Crippen molar-refractivity contribution in [2.45, 2.75) is 13.0 Å². The van der Waals surface area contributed by atoms with Crippen molar-refractivity contribution >= 4 is 28.8 Å². The first-order valence-corrected chi connectivity index (χ1v) is 9.45. The number of nitrogens with one attached hydrogen (secondary N) is 1. The summed E-state index contributed by atoms with van der Waals surface area (Å²) in [5, 5.41) is 11.0. The number of non-ortho nitro benzene ring substituents is 1. The molecule has 29 heavy (non-hydrogen) atoms. The number of rotatable bonds is 4. The zero-order chi connectivity index (χ0) is 20.2. The van der Waals surface area contributed by atoms with Gasteiger partial charge in [0.1, 0.15) is 6.61 Å². The summed E-state index contributed by atoms with van der Waals surface area (Å²) < 4.78 is 5.43. The molecule has 0 unspecified atom stereocenters. The third-order valence-corrected chi connectivity index (χ3v) is 4.92. The van der Waals surface area contributed by atoms with Crippen molar-refractivity contribution in [1.29, 1.82) is 0 Å². The molecule has 1 N–H and O–H groups in total. The Balaban J connectivity index is 1.39. The Morgan fingerprint density at radius 1 is 1.14 bits per heavy atom. The number of amides is 1. The van der Waals surface area contributed by atoms with Crippen molar-refractivity contribution in [3.63, 3.8) is 0 Å². The van der Waals surface area contributed by atoms with Gasteiger partial charge in [-0.05, 0) is 18.1 Å². The minimum Gasteiger partial charge on any atom is -0.445 e. The number of nitro groups is 1. The van der Waals surface area contributed by atoms with E-state index in [0.29, 0.717) is 36.6 Å². The number of hydrogen-bond acceptors (Lipinski definition) is 6. The van der Waals surface area contributed by atoms with Gasteiger partial charge in [-0.15, -0.1) is 0 Å². The van der Waals surface area contributed by atoms with E-state index in [-0.39, 0.29) is 18.4 Å². The number of aromatic amines is 1. The van der Waals surface area contributed by atoms with E-state index >= 15 is 0 Å². The third-order valence-electron chi connectivity index (χ3n) is 4.92. The minimum atomic E-state index is -0.426. The van der Waals surface area contributed by atoms with E-state index < -0.39 is 4.92 Å². The number of carbonyl (C=O) groups is 1. The number of imidazole rings is 1. The average Bonchev–Trinajstić information content (AvgIpc) is 3.00. The second kappa shape index (κ2) is 8.17. The first kappa shape index (κ1) is 18.7. The number of carbonyl (C=O) groups excluding carboxylic acids is 1. The molecular weight excluding hydrogens is 374 g/mol. The lowest BCUT2D eigenvalue weighted by molar-refractivity contribution is -0.384. The van der Waals surface area contributed by atoms with Gasteiger partial charge in [-0.3, -0.25) is 10.1 Å². The maximum absolute atomic E-state index is 12.4. The van der Waals surface area contributed by atoms with Gasteiger partial charge in [0, 0.05) is 38.3 Å². The zero-order valence-corrected chi connectivity index (χ0v) is 15.8.